The van der Waals surface area contributed by atoms with Gasteiger partial charge in [-0.3, -0.25) is 0 Å². The van der Waals surface area contributed by atoms with Crippen LogP contribution in [0.15, 0.2) is 18.2 Å². The number of hydrogen-bond donors (Lipinski definition) is 3. The molecule has 1 atom stereocenters. The molecule has 0 radical (unpaired) electrons. The summed E-state index contributed by atoms with van der Waals surface area (Å²) in [4.78, 5) is 0. The zero-order valence-electron chi connectivity index (χ0n) is 8.16. The summed E-state index contributed by atoms with van der Waals surface area (Å²) in [5, 5.41) is 12.7. The number of aromatic hydroxyl groups is 1. The first kappa shape index (κ1) is 9.34. The predicted molar refractivity (Wildman–Crippen MR) is 57.6 cm³/mol. The van der Waals surface area contributed by atoms with Crippen molar-refractivity contribution in [2.45, 2.75) is 18.8 Å². The molecule has 2 rings (SSSR count). The van der Waals surface area contributed by atoms with E-state index >= 15 is 0 Å². The molecule has 14 heavy (non-hydrogen) atoms. The normalized spacial score (nSPS) is 19.9. The van der Waals surface area contributed by atoms with E-state index in [0.717, 1.165) is 25.1 Å². The highest BCUT2D eigenvalue weighted by atomic mass is 16.3. The Kier molecular flexibility index (Phi) is 2.59. The number of nitrogens with one attached hydrogen (secondary N) is 1. The van der Waals surface area contributed by atoms with Crippen molar-refractivity contribution in [2.75, 3.05) is 18.4 Å². The van der Waals surface area contributed by atoms with Gasteiger partial charge >= 0.3 is 0 Å². The highest BCUT2D eigenvalue weighted by Gasteiger charge is 2.19. The highest BCUT2D eigenvalue weighted by molar-refractivity contribution is 5.57. The number of anilines is 1. The summed E-state index contributed by atoms with van der Waals surface area (Å²) in [6, 6.07) is 5.51. The standard InChI is InChI=1S/C11H16N2O/c12-5-3-8-4-6-13-11-2-1-9(14)7-10(8)11/h1-2,7-8,13-14H,3-6,12H2. The number of benzene rings is 1. The maximum absolute atomic E-state index is 9.42. The Balaban J connectivity index is 2.32. The molecular weight excluding hydrogens is 176 g/mol. The summed E-state index contributed by atoms with van der Waals surface area (Å²) in [5.41, 5.74) is 7.93. The van der Waals surface area contributed by atoms with E-state index in [2.05, 4.69) is 5.32 Å². The third-order valence-corrected chi connectivity index (χ3v) is 2.80. The van der Waals surface area contributed by atoms with Crippen molar-refractivity contribution in [3.05, 3.63) is 23.8 Å². The quantitative estimate of drug-likeness (QED) is 0.624. The van der Waals surface area contributed by atoms with Crippen LogP contribution in [-0.4, -0.2) is 18.2 Å². The molecule has 3 nitrogen and oxygen atoms in total. The van der Waals surface area contributed by atoms with Gasteiger partial charge in [0.2, 0.25) is 0 Å². The minimum absolute atomic E-state index is 0.342. The number of nitrogens with two attached hydrogens (primary N) is 1. The lowest BCUT2D eigenvalue weighted by atomic mass is 9.88. The summed E-state index contributed by atoms with van der Waals surface area (Å²) in [7, 11) is 0. The molecule has 76 valence electrons. The lowest BCUT2D eigenvalue weighted by Gasteiger charge is -2.26. The van der Waals surface area contributed by atoms with Crippen LogP contribution in [-0.2, 0) is 0 Å². The molecule has 1 aromatic rings. The molecule has 1 aliphatic rings. The van der Waals surface area contributed by atoms with E-state index in [1.54, 1.807) is 6.07 Å². The fraction of sp³-hybridized carbons (Fsp3) is 0.455. The first-order chi connectivity index (χ1) is 6.81. The van der Waals surface area contributed by atoms with Gasteiger partial charge in [0.1, 0.15) is 5.75 Å². The minimum Gasteiger partial charge on any atom is -0.508 e. The average molecular weight is 192 g/mol. The Morgan fingerprint density at radius 3 is 3.14 bits per heavy atom. The van der Waals surface area contributed by atoms with Crippen LogP contribution in [0.25, 0.3) is 0 Å². The van der Waals surface area contributed by atoms with Gasteiger partial charge in [-0.15, -0.1) is 0 Å². The van der Waals surface area contributed by atoms with Crippen LogP contribution in [0.4, 0.5) is 5.69 Å². The number of phenolic OH excluding ortho intramolecular Hbond substituents is 1. The van der Waals surface area contributed by atoms with Crippen molar-refractivity contribution in [1.82, 2.24) is 0 Å². The molecule has 0 aromatic heterocycles. The van der Waals surface area contributed by atoms with Gasteiger partial charge in [-0.05, 0) is 49.1 Å². The van der Waals surface area contributed by atoms with Crippen molar-refractivity contribution in [1.29, 1.82) is 0 Å². The third-order valence-electron chi connectivity index (χ3n) is 2.80. The van der Waals surface area contributed by atoms with Crippen molar-refractivity contribution in [2.24, 2.45) is 5.73 Å². The van der Waals surface area contributed by atoms with Crippen LogP contribution in [0, 0.1) is 0 Å². The topological polar surface area (TPSA) is 58.3 Å². The highest BCUT2D eigenvalue weighted by Crippen LogP contribution is 2.35. The van der Waals surface area contributed by atoms with Crippen molar-refractivity contribution >= 4 is 5.69 Å². The molecule has 1 unspecified atom stereocenters. The Morgan fingerprint density at radius 2 is 2.36 bits per heavy atom. The van der Waals surface area contributed by atoms with Crippen LogP contribution in [0.1, 0.15) is 24.3 Å². The van der Waals surface area contributed by atoms with E-state index in [4.69, 9.17) is 5.73 Å². The maximum atomic E-state index is 9.42. The predicted octanol–water partition coefficient (Wildman–Crippen LogP) is 1.64. The zero-order chi connectivity index (χ0) is 9.97. The van der Waals surface area contributed by atoms with Crippen LogP contribution in [0.2, 0.25) is 0 Å². The van der Waals surface area contributed by atoms with Gasteiger partial charge in [0, 0.05) is 12.2 Å². The summed E-state index contributed by atoms with van der Waals surface area (Å²) in [5.74, 6) is 0.845. The second kappa shape index (κ2) is 3.88. The third kappa shape index (κ3) is 1.68. The van der Waals surface area contributed by atoms with Gasteiger partial charge in [0.25, 0.3) is 0 Å². The molecule has 0 amide bonds. The Hall–Kier alpha value is -1.22. The van der Waals surface area contributed by atoms with Crippen molar-refractivity contribution < 1.29 is 5.11 Å². The molecule has 4 N–H and O–H groups in total. The Labute approximate surface area is 83.9 Å². The molecule has 0 spiro atoms. The van der Waals surface area contributed by atoms with Crippen molar-refractivity contribution in [3.8, 4) is 5.75 Å². The van der Waals surface area contributed by atoms with E-state index in [1.807, 2.05) is 12.1 Å². The molecule has 0 bridgehead atoms. The van der Waals surface area contributed by atoms with Gasteiger partial charge in [0.15, 0.2) is 0 Å². The molecule has 0 aliphatic carbocycles. The fourth-order valence-corrected chi connectivity index (χ4v) is 2.09. The summed E-state index contributed by atoms with van der Waals surface area (Å²) in [6.07, 6.45) is 2.10. The first-order valence-electron chi connectivity index (χ1n) is 5.08. The molecule has 0 saturated heterocycles. The second-order valence-electron chi connectivity index (χ2n) is 3.76. The van der Waals surface area contributed by atoms with E-state index in [0.29, 0.717) is 18.2 Å². The lowest BCUT2D eigenvalue weighted by molar-refractivity contribution is 0.472. The molecular formula is C11H16N2O. The summed E-state index contributed by atoms with van der Waals surface area (Å²) in [6.45, 7) is 1.71. The molecule has 0 saturated carbocycles. The number of rotatable bonds is 2. The van der Waals surface area contributed by atoms with Crippen molar-refractivity contribution in [3.63, 3.8) is 0 Å². The second-order valence-corrected chi connectivity index (χ2v) is 3.76. The Morgan fingerprint density at radius 1 is 1.50 bits per heavy atom. The monoisotopic (exact) mass is 192 g/mol. The molecule has 1 aliphatic heterocycles. The SMILES string of the molecule is NCCC1CCNc2ccc(O)cc21. The van der Waals surface area contributed by atoms with E-state index in [1.165, 1.54) is 5.56 Å². The van der Waals surface area contributed by atoms with Gasteiger partial charge < -0.3 is 16.2 Å². The van der Waals surface area contributed by atoms with Crippen LogP contribution in [0.5, 0.6) is 5.75 Å². The van der Waals surface area contributed by atoms with Gasteiger partial charge in [-0.25, -0.2) is 0 Å². The zero-order valence-corrected chi connectivity index (χ0v) is 8.16. The van der Waals surface area contributed by atoms with E-state index in [9.17, 15) is 5.11 Å². The largest absolute Gasteiger partial charge is 0.508 e. The van der Waals surface area contributed by atoms with E-state index < -0.39 is 0 Å². The van der Waals surface area contributed by atoms with Crippen LogP contribution in [0.3, 0.4) is 0 Å². The van der Waals surface area contributed by atoms with Gasteiger partial charge in [-0.2, -0.15) is 0 Å². The molecule has 1 aromatic carbocycles. The van der Waals surface area contributed by atoms with Gasteiger partial charge in [-0.1, -0.05) is 0 Å². The molecule has 1 heterocycles. The van der Waals surface area contributed by atoms with E-state index in [-0.39, 0.29) is 0 Å². The average Bonchev–Trinajstić information content (AvgIpc) is 2.19. The number of fused-ring (bicyclic) bond motifs is 1. The smallest absolute Gasteiger partial charge is 0.116 e. The number of hydrogen-bond acceptors (Lipinski definition) is 3. The lowest BCUT2D eigenvalue weighted by Crippen LogP contribution is -2.18. The molecule has 3 heteroatoms. The minimum atomic E-state index is 0.342. The summed E-state index contributed by atoms with van der Waals surface area (Å²) < 4.78 is 0. The van der Waals surface area contributed by atoms with Crippen LogP contribution < -0.4 is 11.1 Å². The first-order valence-corrected chi connectivity index (χ1v) is 5.08. The summed E-state index contributed by atoms with van der Waals surface area (Å²) >= 11 is 0. The number of phenols is 1. The van der Waals surface area contributed by atoms with Gasteiger partial charge in [0.05, 0.1) is 0 Å². The maximum Gasteiger partial charge on any atom is 0.116 e. The fourth-order valence-electron chi connectivity index (χ4n) is 2.09. The molecule has 0 fully saturated rings. The Bertz CT molecular complexity index is 325. The van der Waals surface area contributed by atoms with Crippen LogP contribution >= 0.6 is 0 Å².